The molecule has 1 saturated carbocycles. The number of nitrogens with zero attached hydrogens (tertiary/aromatic N) is 1. The van der Waals surface area contributed by atoms with Gasteiger partial charge < -0.3 is 15.7 Å². The Balaban J connectivity index is 1.83. The Morgan fingerprint density at radius 3 is 2.81 bits per heavy atom. The largest absolute Gasteiger partial charge is 0.396 e. The second kappa shape index (κ2) is 6.59. The number of benzene rings is 1. The van der Waals surface area contributed by atoms with Crippen LogP contribution in [0.25, 0.3) is 0 Å². The van der Waals surface area contributed by atoms with E-state index < -0.39 is 0 Å². The summed E-state index contributed by atoms with van der Waals surface area (Å²) >= 11 is 0. The van der Waals surface area contributed by atoms with Gasteiger partial charge in [0, 0.05) is 17.1 Å². The molecule has 2 unspecified atom stereocenters. The maximum Gasteiger partial charge on any atom is 0.239 e. The summed E-state index contributed by atoms with van der Waals surface area (Å²) in [7, 11) is 0. The van der Waals surface area contributed by atoms with E-state index in [9.17, 15) is 9.90 Å². The molecule has 1 amide bonds. The lowest BCUT2D eigenvalue weighted by Crippen LogP contribution is -2.46. The van der Waals surface area contributed by atoms with Crippen molar-refractivity contribution in [2.45, 2.75) is 32.2 Å². The van der Waals surface area contributed by atoms with Crippen LogP contribution in [0.3, 0.4) is 0 Å². The first-order valence-electron chi connectivity index (χ1n) is 7.22. The molecule has 1 fully saturated rings. The van der Waals surface area contributed by atoms with Crippen LogP contribution in [0.4, 0.5) is 5.69 Å². The number of aliphatic hydroxyl groups excluding tert-OH is 1. The van der Waals surface area contributed by atoms with E-state index in [1.54, 1.807) is 24.3 Å². The van der Waals surface area contributed by atoms with E-state index in [2.05, 4.69) is 16.7 Å². The van der Waals surface area contributed by atoms with Crippen LogP contribution in [0.5, 0.6) is 0 Å². The molecular weight excluding hydrogens is 266 g/mol. The average Bonchev–Trinajstić information content (AvgIpc) is 2.87. The first kappa shape index (κ1) is 15.3. The van der Waals surface area contributed by atoms with Crippen molar-refractivity contribution in [3.8, 4) is 6.07 Å². The highest BCUT2D eigenvalue weighted by Gasteiger charge is 2.38. The van der Waals surface area contributed by atoms with Crippen molar-refractivity contribution in [3.05, 3.63) is 29.8 Å². The Labute approximate surface area is 125 Å². The second-order valence-electron chi connectivity index (χ2n) is 5.87. The van der Waals surface area contributed by atoms with Gasteiger partial charge in [-0.25, -0.2) is 0 Å². The maximum atomic E-state index is 12.0. The predicted molar refractivity (Wildman–Crippen MR) is 80.6 cm³/mol. The highest BCUT2D eigenvalue weighted by Crippen LogP contribution is 2.37. The van der Waals surface area contributed by atoms with Gasteiger partial charge in [-0.05, 0) is 37.1 Å². The second-order valence-corrected chi connectivity index (χ2v) is 5.87. The molecule has 0 heterocycles. The van der Waals surface area contributed by atoms with E-state index in [0.29, 0.717) is 5.56 Å². The fraction of sp³-hybridized carbons (Fsp3) is 0.500. The summed E-state index contributed by atoms with van der Waals surface area (Å²) in [6, 6.07) is 9.06. The summed E-state index contributed by atoms with van der Waals surface area (Å²) in [6.07, 6.45) is 2.89. The Kier molecular flexibility index (Phi) is 4.81. The van der Waals surface area contributed by atoms with Gasteiger partial charge in [-0.15, -0.1) is 0 Å². The van der Waals surface area contributed by atoms with Gasteiger partial charge in [-0.1, -0.05) is 13.3 Å². The van der Waals surface area contributed by atoms with E-state index in [-0.39, 0.29) is 30.5 Å². The molecule has 2 rings (SSSR count). The molecule has 0 spiro atoms. The van der Waals surface area contributed by atoms with Crippen LogP contribution in [0.1, 0.15) is 31.7 Å². The minimum absolute atomic E-state index is 0.0396. The molecular formula is C16H21N3O2. The SMILES string of the molecule is CC1(CO)CCCC1NC(=O)CNc1ccc(C#N)cc1. The molecule has 1 aliphatic carbocycles. The van der Waals surface area contributed by atoms with Crippen LogP contribution in [0.2, 0.25) is 0 Å². The molecule has 1 aromatic rings. The van der Waals surface area contributed by atoms with Crippen LogP contribution in [0, 0.1) is 16.7 Å². The summed E-state index contributed by atoms with van der Waals surface area (Å²) in [6.45, 7) is 2.30. The van der Waals surface area contributed by atoms with Gasteiger partial charge in [0.05, 0.1) is 24.8 Å². The van der Waals surface area contributed by atoms with E-state index in [1.807, 2.05) is 6.92 Å². The zero-order valence-corrected chi connectivity index (χ0v) is 12.2. The lowest BCUT2D eigenvalue weighted by molar-refractivity contribution is -0.120. The van der Waals surface area contributed by atoms with E-state index >= 15 is 0 Å². The van der Waals surface area contributed by atoms with Crippen molar-refractivity contribution >= 4 is 11.6 Å². The Morgan fingerprint density at radius 1 is 1.48 bits per heavy atom. The molecule has 0 aliphatic heterocycles. The molecule has 0 aromatic heterocycles. The molecule has 112 valence electrons. The smallest absolute Gasteiger partial charge is 0.239 e. The normalized spacial score (nSPS) is 24.3. The molecule has 5 nitrogen and oxygen atoms in total. The number of nitriles is 1. The van der Waals surface area contributed by atoms with Crippen molar-refractivity contribution in [2.75, 3.05) is 18.5 Å². The summed E-state index contributed by atoms with van der Waals surface area (Å²) in [5.74, 6) is -0.0778. The first-order chi connectivity index (χ1) is 10.1. The third-order valence-corrected chi connectivity index (χ3v) is 4.25. The number of nitrogens with one attached hydrogen (secondary N) is 2. The third-order valence-electron chi connectivity index (χ3n) is 4.25. The van der Waals surface area contributed by atoms with Gasteiger partial charge in [0.25, 0.3) is 0 Å². The summed E-state index contributed by atoms with van der Waals surface area (Å²) < 4.78 is 0. The van der Waals surface area contributed by atoms with Gasteiger partial charge in [-0.3, -0.25) is 4.79 Å². The minimum atomic E-state index is -0.204. The van der Waals surface area contributed by atoms with Crippen molar-refractivity contribution in [2.24, 2.45) is 5.41 Å². The summed E-state index contributed by atoms with van der Waals surface area (Å²) in [5, 5.41) is 24.2. The minimum Gasteiger partial charge on any atom is -0.396 e. The number of rotatable bonds is 5. The zero-order chi connectivity index (χ0) is 15.3. The Bertz CT molecular complexity index is 535. The van der Waals surface area contributed by atoms with Crippen molar-refractivity contribution in [3.63, 3.8) is 0 Å². The highest BCUT2D eigenvalue weighted by atomic mass is 16.3. The topological polar surface area (TPSA) is 85.2 Å². The van der Waals surface area contributed by atoms with E-state index in [4.69, 9.17) is 5.26 Å². The van der Waals surface area contributed by atoms with Crippen LogP contribution in [0.15, 0.2) is 24.3 Å². The molecule has 21 heavy (non-hydrogen) atoms. The van der Waals surface area contributed by atoms with E-state index in [0.717, 1.165) is 24.9 Å². The van der Waals surface area contributed by atoms with Gasteiger partial charge in [0.15, 0.2) is 0 Å². The fourth-order valence-corrected chi connectivity index (χ4v) is 2.76. The zero-order valence-electron chi connectivity index (χ0n) is 12.2. The van der Waals surface area contributed by atoms with Crippen LogP contribution in [-0.2, 0) is 4.79 Å². The Morgan fingerprint density at radius 2 is 2.19 bits per heavy atom. The molecule has 2 atom stereocenters. The molecule has 3 N–H and O–H groups in total. The average molecular weight is 287 g/mol. The van der Waals surface area contributed by atoms with Crippen LogP contribution < -0.4 is 10.6 Å². The fourth-order valence-electron chi connectivity index (χ4n) is 2.76. The summed E-state index contributed by atoms with van der Waals surface area (Å²) in [5.41, 5.74) is 1.19. The third kappa shape index (κ3) is 3.73. The number of hydrogen-bond acceptors (Lipinski definition) is 4. The molecule has 1 aromatic carbocycles. The molecule has 0 bridgehead atoms. The number of anilines is 1. The molecule has 1 aliphatic rings. The van der Waals surface area contributed by atoms with Crippen molar-refractivity contribution in [1.82, 2.24) is 5.32 Å². The molecule has 0 radical (unpaired) electrons. The number of aliphatic hydroxyl groups is 1. The van der Waals surface area contributed by atoms with Gasteiger partial charge >= 0.3 is 0 Å². The van der Waals surface area contributed by atoms with Crippen LogP contribution in [-0.4, -0.2) is 30.2 Å². The predicted octanol–water partition coefficient (Wildman–Crippen LogP) is 1.64. The standard InChI is InChI=1S/C16H21N3O2/c1-16(11-20)8-2-3-14(16)19-15(21)10-18-13-6-4-12(9-17)5-7-13/h4-7,14,18,20H,2-3,8,10-11H2,1H3,(H,19,21). The lowest BCUT2D eigenvalue weighted by atomic mass is 9.86. The first-order valence-corrected chi connectivity index (χ1v) is 7.22. The van der Waals surface area contributed by atoms with Gasteiger partial charge in [0.1, 0.15) is 0 Å². The van der Waals surface area contributed by atoms with Gasteiger partial charge in [-0.2, -0.15) is 5.26 Å². The van der Waals surface area contributed by atoms with Crippen molar-refractivity contribution in [1.29, 1.82) is 5.26 Å². The summed E-state index contributed by atoms with van der Waals surface area (Å²) in [4.78, 5) is 12.0. The number of carbonyl (C=O) groups is 1. The molecule has 0 saturated heterocycles. The van der Waals surface area contributed by atoms with Crippen molar-refractivity contribution < 1.29 is 9.90 Å². The van der Waals surface area contributed by atoms with Gasteiger partial charge in [0.2, 0.25) is 5.91 Å². The Hall–Kier alpha value is -2.06. The van der Waals surface area contributed by atoms with E-state index in [1.165, 1.54) is 0 Å². The maximum absolute atomic E-state index is 12.0. The molecule has 5 heteroatoms. The van der Waals surface area contributed by atoms with Crippen LogP contribution >= 0.6 is 0 Å². The number of carbonyl (C=O) groups excluding carboxylic acids is 1. The number of amides is 1. The highest BCUT2D eigenvalue weighted by molar-refractivity contribution is 5.81. The lowest BCUT2D eigenvalue weighted by Gasteiger charge is -2.30. The monoisotopic (exact) mass is 287 g/mol. The number of hydrogen-bond donors (Lipinski definition) is 3. The quantitative estimate of drug-likeness (QED) is 0.768.